The third-order valence-electron chi connectivity index (χ3n) is 3.23. The highest BCUT2D eigenvalue weighted by Gasteiger charge is 2.37. The summed E-state index contributed by atoms with van der Waals surface area (Å²) in [6, 6.07) is 0. The number of aliphatic hydroxyl groups is 1. The summed E-state index contributed by atoms with van der Waals surface area (Å²) in [5.41, 5.74) is 0.247. The van der Waals surface area contributed by atoms with Gasteiger partial charge < -0.3 is 15.7 Å². The van der Waals surface area contributed by atoms with Gasteiger partial charge in [0.05, 0.1) is 16.0 Å². The first-order chi connectivity index (χ1) is 10.4. The van der Waals surface area contributed by atoms with E-state index in [0.717, 1.165) is 31.1 Å². The van der Waals surface area contributed by atoms with Crippen LogP contribution >= 0.6 is 10.8 Å². The zero-order valence-corrected chi connectivity index (χ0v) is 13.6. The van der Waals surface area contributed by atoms with Crippen LogP contribution in [0.1, 0.15) is 38.5 Å². The molecule has 0 fully saturated rings. The molecule has 2 amide bonds. The molecule has 9 heteroatoms. The van der Waals surface area contributed by atoms with Crippen molar-refractivity contribution >= 4 is 31.5 Å². The zero-order chi connectivity index (χ0) is 16.2. The van der Waals surface area contributed by atoms with Crippen LogP contribution in [0.2, 0.25) is 0 Å². The van der Waals surface area contributed by atoms with E-state index in [-0.39, 0.29) is 35.2 Å². The van der Waals surface area contributed by atoms with E-state index in [0.29, 0.717) is 17.2 Å². The fourth-order valence-electron chi connectivity index (χ4n) is 2.18. The Morgan fingerprint density at radius 3 is 2.64 bits per heavy atom. The summed E-state index contributed by atoms with van der Waals surface area (Å²) in [4.78, 5) is 23.8. The number of aliphatic hydroxyl groups excluding tert-OH is 1. The van der Waals surface area contributed by atoms with Crippen molar-refractivity contribution in [3.05, 3.63) is 21.7 Å². The summed E-state index contributed by atoms with van der Waals surface area (Å²) < 4.78 is 22.9. The third kappa shape index (κ3) is 4.34. The second-order valence-electron chi connectivity index (χ2n) is 5.06. The number of unbranched alkanes of at least 4 members (excludes halogenated alkanes) is 4. The van der Waals surface area contributed by atoms with Gasteiger partial charge in [0.2, 0.25) is 14.8 Å². The van der Waals surface area contributed by atoms with Crippen LogP contribution in [-0.4, -0.2) is 31.9 Å². The molecule has 122 valence electrons. The molecule has 0 saturated carbocycles. The Balaban J connectivity index is 1.83. The van der Waals surface area contributed by atoms with Crippen LogP contribution in [0, 0.1) is 0 Å². The van der Waals surface area contributed by atoms with E-state index >= 15 is 0 Å². The molecule has 0 bridgehead atoms. The Bertz CT molecular complexity index is 637. The molecule has 0 saturated heterocycles. The van der Waals surface area contributed by atoms with Gasteiger partial charge >= 0.3 is 0 Å². The Labute approximate surface area is 132 Å². The average molecular weight is 346 g/mol. The summed E-state index contributed by atoms with van der Waals surface area (Å²) in [7, 11) is -2.85. The first-order valence-electron chi connectivity index (χ1n) is 7.06. The fourth-order valence-corrected chi connectivity index (χ4v) is 5.07. The van der Waals surface area contributed by atoms with Gasteiger partial charge in [0.15, 0.2) is 0 Å². The van der Waals surface area contributed by atoms with Crippen molar-refractivity contribution in [2.75, 3.05) is 6.61 Å². The van der Waals surface area contributed by atoms with Crippen molar-refractivity contribution in [2.24, 2.45) is 0 Å². The van der Waals surface area contributed by atoms with Crippen molar-refractivity contribution in [3.8, 4) is 0 Å². The second kappa shape index (κ2) is 7.30. The van der Waals surface area contributed by atoms with Gasteiger partial charge in [0, 0.05) is 23.8 Å². The molecule has 2 heterocycles. The minimum atomic E-state index is -3.42. The van der Waals surface area contributed by atoms with Crippen molar-refractivity contribution in [2.45, 2.75) is 38.5 Å². The molecule has 22 heavy (non-hydrogen) atoms. The molecule has 0 aliphatic carbocycles. The Hall–Kier alpha value is -1.32. The van der Waals surface area contributed by atoms with Crippen LogP contribution in [0.4, 0.5) is 0 Å². The maximum absolute atomic E-state index is 11.8. The molecule has 0 radical (unpaired) electrons. The van der Waals surface area contributed by atoms with Gasteiger partial charge in [0.1, 0.15) is 5.70 Å². The van der Waals surface area contributed by atoms with E-state index in [1.165, 1.54) is 0 Å². The van der Waals surface area contributed by atoms with Crippen molar-refractivity contribution in [1.29, 1.82) is 0 Å². The fraction of sp³-hybridized carbons (Fsp3) is 0.538. The number of carbonyl (C=O) groups excluding carboxylic acids is 2. The number of rotatable bonds is 8. The van der Waals surface area contributed by atoms with Gasteiger partial charge in [0.25, 0.3) is 5.91 Å². The number of hydrogen-bond donors (Lipinski definition) is 3. The van der Waals surface area contributed by atoms with Crippen LogP contribution < -0.4 is 10.6 Å². The largest absolute Gasteiger partial charge is 0.396 e. The molecule has 2 aliphatic rings. The summed E-state index contributed by atoms with van der Waals surface area (Å²) >= 11 is 0. The highest BCUT2D eigenvalue weighted by Crippen LogP contribution is 2.41. The standard InChI is InChI=1S/C13H18N2O5S2/c16-7-5-3-1-2-4-6-10(17)15-11-12-9(14-13(11)18)8-22(19,20)21-12/h8,16H,1-7H2,(H,14,18)(H,15,17). The molecule has 0 unspecified atom stereocenters. The predicted molar refractivity (Wildman–Crippen MR) is 82.7 cm³/mol. The highest BCUT2D eigenvalue weighted by atomic mass is 33.1. The van der Waals surface area contributed by atoms with E-state index in [2.05, 4.69) is 10.6 Å². The number of hydrogen-bond acceptors (Lipinski definition) is 6. The Kier molecular flexibility index (Phi) is 5.65. The van der Waals surface area contributed by atoms with Crippen molar-refractivity contribution in [1.82, 2.24) is 10.6 Å². The lowest BCUT2D eigenvalue weighted by atomic mass is 10.1. The lowest BCUT2D eigenvalue weighted by Crippen LogP contribution is -2.29. The van der Waals surface area contributed by atoms with E-state index in [1.807, 2.05) is 0 Å². The second-order valence-corrected chi connectivity index (χ2v) is 8.75. The lowest BCUT2D eigenvalue weighted by Gasteiger charge is -2.05. The molecule has 0 spiro atoms. The van der Waals surface area contributed by atoms with Crippen molar-refractivity contribution < 1.29 is 23.1 Å². The summed E-state index contributed by atoms with van der Waals surface area (Å²) in [6.07, 6.45) is 4.49. The molecule has 0 atom stereocenters. The highest BCUT2D eigenvalue weighted by molar-refractivity contribution is 8.75. The molecule has 7 nitrogen and oxygen atoms in total. The van der Waals surface area contributed by atoms with E-state index in [9.17, 15) is 18.0 Å². The maximum Gasteiger partial charge on any atom is 0.273 e. The summed E-state index contributed by atoms with van der Waals surface area (Å²) in [6.45, 7) is 0.183. The van der Waals surface area contributed by atoms with Gasteiger partial charge in [-0.05, 0) is 12.8 Å². The molecular weight excluding hydrogens is 328 g/mol. The number of carbonyl (C=O) groups is 2. The van der Waals surface area contributed by atoms with Gasteiger partial charge in [-0.15, -0.1) is 0 Å². The smallest absolute Gasteiger partial charge is 0.273 e. The first kappa shape index (κ1) is 17.0. The van der Waals surface area contributed by atoms with Crippen LogP contribution in [0.5, 0.6) is 0 Å². The van der Waals surface area contributed by atoms with Crippen LogP contribution in [-0.2, 0) is 18.5 Å². The molecule has 3 N–H and O–H groups in total. The first-order valence-corrected chi connectivity index (χ1v) is 9.94. The minimum absolute atomic E-state index is 0.0163. The normalized spacial score (nSPS) is 19.0. The molecular formula is C13H18N2O5S2. The molecule has 2 aliphatic heterocycles. The quantitative estimate of drug-likeness (QED) is 0.440. The zero-order valence-electron chi connectivity index (χ0n) is 11.9. The minimum Gasteiger partial charge on any atom is -0.396 e. The molecule has 0 aromatic heterocycles. The van der Waals surface area contributed by atoms with Crippen molar-refractivity contribution in [3.63, 3.8) is 0 Å². The SMILES string of the molecule is O=C(CCCCCCCO)NC1=C2SS(=O)(=O)C=C2NC1=O. The maximum atomic E-state index is 11.8. The summed E-state index contributed by atoms with van der Waals surface area (Å²) in [5, 5.41) is 14.6. The summed E-state index contributed by atoms with van der Waals surface area (Å²) in [5.74, 6) is -0.786. The molecule has 0 aromatic carbocycles. The lowest BCUT2D eigenvalue weighted by molar-refractivity contribution is -0.123. The average Bonchev–Trinajstić information content (AvgIpc) is 2.87. The molecule has 0 aromatic rings. The van der Waals surface area contributed by atoms with Gasteiger partial charge in [-0.1, -0.05) is 19.3 Å². The Morgan fingerprint density at radius 2 is 1.91 bits per heavy atom. The van der Waals surface area contributed by atoms with E-state index < -0.39 is 14.8 Å². The van der Waals surface area contributed by atoms with Crippen LogP contribution in [0.25, 0.3) is 0 Å². The molecule has 2 rings (SSSR count). The van der Waals surface area contributed by atoms with E-state index in [4.69, 9.17) is 5.11 Å². The number of fused-ring (bicyclic) bond motifs is 1. The van der Waals surface area contributed by atoms with Gasteiger partial charge in [-0.3, -0.25) is 9.59 Å². The predicted octanol–water partition coefficient (Wildman–Crippen LogP) is 0.695. The third-order valence-corrected chi connectivity index (χ3v) is 6.07. The van der Waals surface area contributed by atoms with Gasteiger partial charge in [-0.2, -0.15) is 0 Å². The Morgan fingerprint density at radius 1 is 1.23 bits per heavy atom. The van der Waals surface area contributed by atoms with E-state index in [1.54, 1.807) is 0 Å². The van der Waals surface area contributed by atoms with Crippen LogP contribution in [0.3, 0.4) is 0 Å². The number of amides is 2. The number of nitrogens with one attached hydrogen (secondary N) is 2. The van der Waals surface area contributed by atoms with Crippen LogP contribution in [0.15, 0.2) is 21.7 Å². The topological polar surface area (TPSA) is 113 Å². The van der Waals surface area contributed by atoms with Gasteiger partial charge in [-0.25, -0.2) is 8.42 Å². The monoisotopic (exact) mass is 346 g/mol.